The number of carbonyl (C=O) groups excluding carboxylic acids is 4. The molecule has 0 bridgehead atoms. The second-order valence-electron chi connectivity index (χ2n) is 7.24. The van der Waals surface area contributed by atoms with E-state index in [1.165, 1.54) is 6.92 Å². The van der Waals surface area contributed by atoms with Crippen LogP contribution >= 0.6 is 0 Å². The average Bonchev–Trinajstić information content (AvgIpc) is 3.37. The van der Waals surface area contributed by atoms with Crippen LogP contribution in [-0.4, -0.2) is 85.8 Å². The molecule has 2 aliphatic rings. The largest absolute Gasteiger partial charge is 0.519 e. The average molecular weight is 468 g/mol. The van der Waals surface area contributed by atoms with E-state index in [9.17, 15) is 24.0 Å². The number of esters is 2. The number of carbonyl (C=O) groups is 4. The maximum atomic E-state index is 13.1. The molecule has 0 saturated carbocycles. The second-order valence-corrected chi connectivity index (χ2v) is 7.24. The molecule has 2 fully saturated rings. The van der Waals surface area contributed by atoms with Crippen LogP contribution in [-0.2, 0) is 39.9 Å². The van der Waals surface area contributed by atoms with Crippen LogP contribution < -0.4 is 5.82 Å². The van der Waals surface area contributed by atoms with Gasteiger partial charge in [0.05, 0.1) is 26.9 Å². The summed E-state index contributed by atoms with van der Waals surface area (Å²) in [6.07, 6.45) is 0.184. The van der Waals surface area contributed by atoms with Crippen LogP contribution in [0.5, 0.6) is 0 Å². The molecule has 3 rings (SSSR count). The number of methoxy groups -OCH3 is 1. The quantitative estimate of drug-likeness (QED) is 0.308. The fraction of sp³-hybridized carbons (Fsp3) is 0.550. The third-order valence-corrected chi connectivity index (χ3v) is 5.11. The van der Waals surface area contributed by atoms with Crippen LogP contribution in [0.2, 0.25) is 0 Å². The van der Waals surface area contributed by atoms with E-state index < -0.39 is 36.0 Å². The highest BCUT2D eigenvalue weighted by Gasteiger charge is 2.44. The molecular formula is C20H24N2O11. The molecule has 0 aliphatic carbocycles. The Hall–Kier alpha value is -3.61. The summed E-state index contributed by atoms with van der Waals surface area (Å²) in [5.74, 6) is -2.60. The first kappa shape index (κ1) is 24.0. The Labute approximate surface area is 187 Å². The summed E-state index contributed by atoms with van der Waals surface area (Å²) in [6.45, 7) is 2.47. The third-order valence-electron chi connectivity index (χ3n) is 5.11. The van der Waals surface area contributed by atoms with E-state index in [1.807, 2.05) is 0 Å². The van der Waals surface area contributed by atoms with Crippen molar-refractivity contribution in [3.63, 3.8) is 0 Å². The van der Waals surface area contributed by atoms with Crippen molar-refractivity contribution in [1.82, 2.24) is 9.80 Å². The van der Waals surface area contributed by atoms with Crippen LogP contribution in [0, 0.1) is 6.92 Å². The lowest BCUT2D eigenvalue weighted by molar-refractivity contribution is -0.144. The molecular weight excluding hydrogens is 444 g/mol. The van der Waals surface area contributed by atoms with Crippen molar-refractivity contribution < 1.29 is 47.0 Å². The number of morpholine rings is 1. The Kier molecular flexibility index (Phi) is 7.87. The van der Waals surface area contributed by atoms with E-state index in [1.54, 1.807) is 4.90 Å². The minimum Gasteiger partial charge on any atom is -0.466 e. The lowest BCUT2D eigenvalue weighted by atomic mass is 10.1. The molecule has 13 nitrogen and oxygen atoms in total. The number of hydrogen-bond acceptors (Lipinski definition) is 11. The Morgan fingerprint density at radius 1 is 1.09 bits per heavy atom. The van der Waals surface area contributed by atoms with Gasteiger partial charge >= 0.3 is 23.9 Å². The zero-order valence-electron chi connectivity index (χ0n) is 18.1. The van der Waals surface area contributed by atoms with E-state index in [4.69, 9.17) is 23.0 Å². The number of aryl methyl sites for hydroxylation is 1. The molecule has 3 heterocycles. The van der Waals surface area contributed by atoms with E-state index in [2.05, 4.69) is 4.74 Å². The minimum absolute atomic E-state index is 0.0412. The van der Waals surface area contributed by atoms with E-state index in [0.717, 1.165) is 24.2 Å². The van der Waals surface area contributed by atoms with Crippen LogP contribution in [0.25, 0.3) is 0 Å². The summed E-state index contributed by atoms with van der Waals surface area (Å²) in [6, 6.07) is -0.935. The Balaban J connectivity index is 1.68. The fourth-order valence-electron chi connectivity index (χ4n) is 3.44. The summed E-state index contributed by atoms with van der Waals surface area (Å²) >= 11 is 0. The van der Waals surface area contributed by atoms with Crippen molar-refractivity contribution in [3.05, 3.63) is 34.3 Å². The van der Waals surface area contributed by atoms with Gasteiger partial charge in [0.1, 0.15) is 12.1 Å². The summed E-state index contributed by atoms with van der Waals surface area (Å²) in [5, 5.41) is 0. The molecule has 180 valence electrons. The zero-order chi connectivity index (χ0) is 24.0. The van der Waals surface area contributed by atoms with Gasteiger partial charge in [-0.25, -0.2) is 19.2 Å². The lowest BCUT2D eigenvalue weighted by Gasteiger charge is -2.31. The van der Waals surface area contributed by atoms with Gasteiger partial charge in [-0.1, -0.05) is 0 Å². The molecule has 1 aromatic rings. The van der Waals surface area contributed by atoms with Crippen molar-refractivity contribution in [2.45, 2.75) is 32.1 Å². The molecule has 2 atom stereocenters. The highest BCUT2D eigenvalue weighted by Crippen LogP contribution is 2.24. The normalized spacial score (nSPS) is 20.7. The first-order valence-corrected chi connectivity index (χ1v) is 10.1. The highest BCUT2D eigenvalue weighted by molar-refractivity contribution is 5.92. The van der Waals surface area contributed by atoms with Crippen LogP contribution in [0.3, 0.4) is 0 Å². The van der Waals surface area contributed by atoms with Crippen LogP contribution in [0.15, 0.2) is 25.8 Å². The zero-order valence-corrected chi connectivity index (χ0v) is 18.1. The number of ether oxygens (including phenoxy) is 4. The van der Waals surface area contributed by atoms with Gasteiger partial charge in [-0.3, -0.25) is 9.69 Å². The molecule has 33 heavy (non-hydrogen) atoms. The maximum absolute atomic E-state index is 13.1. The molecule has 2 saturated heterocycles. The Morgan fingerprint density at radius 3 is 2.42 bits per heavy atom. The summed E-state index contributed by atoms with van der Waals surface area (Å²) in [4.78, 5) is 62.9. The molecule has 0 N–H and O–H groups in total. The van der Waals surface area contributed by atoms with Crippen molar-refractivity contribution in [3.8, 4) is 0 Å². The van der Waals surface area contributed by atoms with Gasteiger partial charge in [0.25, 0.3) is 0 Å². The van der Waals surface area contributed by atoms with Gasteiger partial charge in [-0.15, -0.1) is 0 Å². The predicted molar refractivity (Wildman–Crippen MR) is 106 cm³/mol. The first-order valence-electron chi connectivity index (χ1n) is 10.1. The van der Waals surface area contributed by atoms with Gasteiger partial charge in [-0.05, 0) is 6.92 Å². The summed E-state index contributed by atoms with van der Waals surface area (Å²) in [5.41, 5.74) is 0. The van der Waals surface area contributed by atoms with Crippen LogP contribution in [0.1, 0.15) is 17.9 Å². The van der Waals surface area contributed by atoms with Crippen molar-refractivity contribution in [1.29, 1.82) is 0 Å². The van der Waals surface area contributed by atoms with Crippen molar-refractivity contribution in [2.75, 3.05) is 40.0 Å². The Morgan fingerprint density at radius 2 is 1.79 bits per heavy atom. The molecule has 1 aromatic heterocycles. The number of amides is 2. The molecule has 0 unspecified atom stereocenters. The molecule has 2 aliphatic heterocycles. The number of rotatable bonds is 6. The predicted octanol–water partition coefficient (Wildman–Crippen LogP) is -0.248. The van der Waals surface area contributed by atoms with Crippen LogP contribution in [0.4, 0.5) is 4.79 Å². The van der Waals surface area contributed by atoms with Gasteiger partial charge < -0.3 is 32.7 Å². The number of likely N-dealkylation sites (tertiary alicyclic amines) is 1. The smallest absolute Gasteiger partial charge is 0.466 e. The lowest BCUT2D eigenvalue weighted by Crippen LogP contribution is -2.51. The van der Waals surface area contributed by atoms with Gasteiger partial charge in [-0.2, -0.15) is 0 Å². The second kappa shape index (κ2) is 10.8. The van der Waals surface area contributed by atoms with Gasteiger partial charge in [0.15, 0.2) is 18.1 Å². The van der Waals surface area contributed by atoms with E-state index in [0.29, 0.717) is 26.3 Å². The topological polar surface area (TPSA) is 155 Å². The van der Waals surface area contributed by atoms with Crippen molar-refractivity contribution in [2.24, 2.45) is 0 Å². The number of nitrogens with zero attached hydrogens (tertiary/aromatic N) is 2. The maximum Gasteiger partial charge on any atom is 0.519 e. The molecule has 13 heteroatoms. The minimum atomic E-state index is -0.935. The Bertz CT molecular complexity index is 973. The molecule has 0 aromatic carbocycles. The fourth-order valence-corrected chi connectivity index (χ4v) is 3.44. The molecule has 0 spiro atoms. The summed E-state index contributed by atoms with van der Waals surface area (Å²) < 4.78 is 29.7. The van der Waals surface area contributed by atoms with Crippen molar-refractivity contribution >= 4 is 23.9 Å². The SMILES string of the molecule is COC(=O)/C=C/C(=O)O[C@@H]1C[C@@H](C(=O)N2CCOCC2)N(C(=O)OCc2oc(=O)oc2C)C1. The van der Waals surface area contributed by atoms with E-state index in [-0.39, 0.29) is 37.0 Å². The standard InChI is InChI=1S/C20H24N2O11/c1-12-15(33-20(27)31-12)11-30-19(26)22-10-13(32-17(24)4-3-16(23)28-2)9-14(22)18(25)21-5-7-29-8-6-21/h3-4,13-14H,5-11H2,1-2H3/b4-3+/t13-,14+/m1/s1. The molecule has 2 amide bonds. The van der Waals surface area contributed by atoms with Gasteiger partial charge in [0, 0.05) is 31.7 Å². The summed E-state index contributed by atoms with van der Waals surface area (Å²) in [7, 11) is 1.16. The van der Waals surface area contributed by atoms with E-state index >= 15 is 0 Å². The molecule has 0 radical (unpaired) electrons. The third kappa shape index (κ3) is 6.22. The first-order chi connectivity index (χ1) is 15.8. The number of hydrogen-bond donors (Lipinski definition) is 0. The monoisotopic (exact) mass is 468 g/mol. The highest BCUT2D eigenvalue weighted by atomic mass is 16.6. The van der Waals surface area contributed by atoms with Gasteiger partial charge in [0.2, 0.25) is 5.91 Å².